The van der Waals surface area contributed by atoms with Crippen LogP contribution < -0.4 is 0 Å². The summed E-state index contributed by atoms with van der Waals surface area (Å²) in [5.74, 6) is 0. The minimum atomic E-state index is 0.510. The number of rotatable bonds is 0. The molecule has 1 heterocycles. The molecule has 3 nitrogen and oxygen atoms in total. The molecule has 1 rings (SSSR count). The highest BCUT2D eigenvalue weighted by atomic mass is 16.5. The fourth-order valence-corrected chi connectivity index (χ4v) is 0.251. The molecule has 0 aromatic rings. The van der Waals surface area contributed by atoms with Crippen molar-refractivity contribution in [2.45, 2.75) is 0 Å². The lowest BCUT2D eigenvalue weighted by Gasteiger charge is -2.12. The molecule has 0 amide bonds. The van der Waals surface area contributed by atoms with Crippen LogP contribution in [0.3, 0.4) is 0 Å². The Morgan fingerprint density at radius 3 is 2.33 bits per heavy atom. The molecule has 0 saturated carbocycles. The van der Waals surface area contributed by atoms with Gasteiger partial charge in [0.2, 0.25) is 0 Å². The van der Waals surface area contributed by atoms with Crippen LogP contribution in [0.4, 0.5) is 0 Å². The molecule has 1 saturated heterocycles. The molecule has 0 aliphatic carbocycles. The molecule has 1 aliphatic rings. The van der Waals surface area contributed by atoms with Gasteiger partial charge in [-0.3, -0.25) is 0 Å². The summed E-state index contributed by atoms with van der Waals surface area (Å²) >= 11 is 0. The minimum absolute atomic E-state index is 0.510. The Balaban J connectivity index is 2.34. The Labute approximate surface area is 35.2 Å². The van der Waals surface area contributed by atoms with Crippen LogP contribution >= 0.6 is 0 Å². The molecule has 34 valence electrons. The van der Waals surface area contributed by atoms with Gasteiger partial charge in [0.15, 0.2) is 0 Å². The molecule has 3 heteroatoms. The minimum Gasteiger partial charge on any atom is -0.411 e. The molecular weight excluding hydrogens is 82.0 g/mol. The van der Waals surface area contributed by atoms with Crippen LogP contribution in [0.15, 0.2) is 5.16 Å². The second-order valence-electron chi connectivity index (χ2n) is 1.16. The Bertz CT molecular complexity index is 72.9. The van der Waals surface area contributed by atoms with Gasteiger partial charge in [0.05, 0.1) is 13.2 Å². The summed E-state index contributed by atoms with van der Waals surface area (Å²) in [4.78, 5) is 0. The van der Waals surface area contributed by atoms with Crippen LogP contribution in [0.2, 0.25) is 0 Å². The van der Waals surface area contributed by atoms with Crippen molar-refractivity contribution in [1.82, 2.24) is 0 Å². The third kappa shape index (κ3) is 0.367. The van der Waals surface area contributed by atoms with Gasteiger partial charge in [0.1, 0.15) is 5.71 Å². The van der Waals surface area contributed by atoms with Gasteiger partial charge in [-0.05, 0) is 0 Å². The first-order chi connectivity index (χ1) is 2.93. The van der Waals surface area contributed by atoms with Gasteiger partial charge in [-0.1, -0.05) is 5.16 Å². The molecule has 0 spiro atoms. The van der Waals surface area contributed by atoms with E-state index < -0.39 is 0 Å². The van der Waals surface area contributed by atoms with Gasteiger partial charge in [-0.15, -0.1) is 0 Å². The molecule has 6 heavy (non-hydrogen) atoms. The van der Waals surface area contributed by atoms with Crippen molar-refractivity contribution < 1.29 is 9.94 Å². The van der Waals surface area contributed by atoms with Crippen LogP contribution in [0.25, 0.3) is 0 Å². The standard InChI is InChI=1S/C3H5NO2/c5-4-3-1-6-2-3/h5H,1-2H2. The van der Waals surface area contributed by atoms with Crippen molar-refractivity contribution in [1.29, 1.82) is 0 Å². The zero-order chi connectivity index (χ0) is 4.41. The average Bonchev–Trinajstić information content (AvgIpc) is 1.31. The summed E-state index contributed by atoms with van der Waals surface area (Å²) in [6, 6.07) is 0. The average molecular weight is 87.1 g/mol. The third-order valence-corrected chi connectivity index (χ3v) is 0.679. The lowest BCUT2D eigenvalue weighted by atomic mass is 10.3. The van der Waals surface area contributed by atoms with E-state index >= 15 is 0 Å². The fourth-order valence-electron chi connectivity index (χ4n) is 0.251. The molecule has 0 radical (unpaired) electrons. The van der Waals surface area contributed by atoms with Crippen LogP contribution in [0, 0.1) is 0 Å². The lowest BCUT2D eigenvalue weighted by Crippen LogP contribution is -2.27. The van der Waals surface area contributed by atoms with Crippen LogP contribution in [-0.4, -0.2) is 24.1 Å². The van der Waals surface area contributed by atoms with Gasteiger partial charge in [-0.25, -0.2) is 0 Å². The number of ether oxygens (including phenoxy) is 1. The summed E-state index contributed by atoms with van der Waals surface area (Å²) in [6.07, 6.45) is 0. The summed E-state index contributed by atoms with van der Waals surface area (Å²) < 4.78 is 4.63. The van der Waals surface area contributed by atoms with E-state index in [-0.39, 0.29) is 0 Å². The number of hydrogen-bond acceptors (Lipinski definition) is 3. The van der Waals surface area contributed by atoms with Gasteiger partial charge >= 0.3 is 0 Å². The van der Waals surface area contributed by atoms with E-state index in [4.69, 9.17) is 5.21 Å². The third-order valence-electron chi connectivity index (χ3n) is 0.679. The maximum absolute atomic E-state index is 7.89. The summed E-state index contributed by atoms with van der Waals surface area (Å²) in [6.45, 7) is 1.02. The highest BCUT2D eigenvalue weighted by Crippen LogP contribution is 1.92. The van der Waals surface area contributed by atoms with E-state index in [9.17, 15) is 0 Å². The molecule has 0 aromatic heterocycles. The normalized spacial score (nSPS) is 19.7. The number of hydrogen-bond donors (Lipinski definition) is 1. The van der Waals surface area contributed by atoms with Crippen molar-refractivity contribution in [2.24, 2.45) is 5.16 Å². The highest BCUT2D eigenvalue weighted by molar-refractivity contribution is 5.89. The molecular formula is C3H5NO2. The van der Waals surface area contributed by atoms with Gasteiger partial charge in [0.25, 0.3) is 0 Å². The Kier molecular flexibility index (Phi) is 0.759. The van der Waals surface area contributed by atoms with Crippen LogP contribution in [-0.2, 0) is 4.74 Å². The quantitative estimate of drug-likeness (QED) is 0.329. The topological polar surface area (TPSA) is 41.8 Å². The van der Waals surface area contributed by atoms with Crippen molar-refractivity contribution in [3.63, 3.8) is 0 Å². The second-order valence-corrected chi connectivity index (χ2v) is 1.16. The van der Waals surface area contributed by atoms with Gasteiger partial charge in [-0.2, -0.15) is 0 Å². The maximum atomic E-state index is 7.89. The first-order valence-electron chi connectivity index (χ1n) is 1.71. The molecule has 0 atom stereocenters. The molecule has 0 aromatic carbocycles. The molecule has 0 bridgehead atoms. The van der Waals surface area contributed by atoms with E-state index in [1.54, 1.807) is 0 Å². The van der Waals surface area contributed by atoms with Gasteiger partial charge in [0, 0.05) is 0 Å². The Hall–Kier alpha value is -0.570. The first-order valence-corrected chi connectivity index (χ1v) is 1.71. The van der Waals surface area contributed by atoms with E-state index in [1.807, 2.05) is 0 Å². The summed E-state index contributed by atoms with van der Waals surface area (Å²) in [5.41, 5.74) is 0.731. The fraction of sp³-hybridized carbons (Fsp3) is 0.667. The molecule has 1 fully saturated rings. The Morgan fingerprint density at radius 2 is 2.33 bits per heavy atom. The first kappa shape index (κ1) is 3.61. The van der Waals surface area contributed by atoms with E-state index in [2.05, 4.69) is 9.89 Å². The summed E-state index contributed by atoms with van der Waals surface area (Å²) in [5, 5.41) is 10.8. The Morgan fingerprint density at radius 1 is 1.67 bits per heavy atom. The van der Waals surface area contributed by atoms with Crippen molar-refractivity contribution in [2.75, 3.05) is 13.2 Å². The second kappa shape index (κ2) is 1.26. The monoisotopic (exact) mass is 87.0 g/mol. The molecule has 1 aliphatic heterocycles. The highest BCUT2D eigenvalue weighted by Gasteiger charge is 2.09. The zero-order valence-corrected chi connectivity index (χ0v) is 3.22. The molecule has 1 N–H and O–H groups in total. The number of nitrogens with zero attached hydrogens (tertiary/aromatic N) is 1. The lowest BCUT2D eigenvalue weighted by molar-refractivity contribution is 0.148. The zero-order valence-electron chi connectivity index (χ0n) is 3.22. The van der Waals surface area contributed by atoms with E-state index in [0.717, 1.165) is 5.71 Å². The SMILES string of the molecule is ON=C1COC1. The van der Waals surface area contributed by atoms with Gasteiger partial charge < -0.3 is 9.94 Å². The summed E-state index contributed by atoms with van der Waals surface area (Å²) in [7, 11) is 0. The van der Waals surface area contributed by atoms with Crippen LogP contribution in [0.1, 0.15) is 0 Å². The molecule has 0 unspecified atom stereocenters. The predicted molar refractivity (Wildman–Crippen MR) is 20.0 cm³/mol. The smallest absolute Gasteiger partial charge is 0.108 e. The van der Waals surface area contributed by atoms with Crippen molar-refractivity contribution >= 4 is 5.71 Å². The van der Waals surface area contributed by atoms with Crippen molar-refractivity contribution in [3.05, 3.63) is 0 Å². The predicted octanol–water partition coefficient (Wildman–Crippen LogP) is -0.153. The maximum Gasteiger partial charge on any atom is 0.108 e. The number of oxime groups is 1. The van der Waals surface area contributed by atoms with Crippen molar-refractivity contribution in [3.8, 4) is 0 Å². The van der Waals surface area contributed by atoms with E-state index in [1.165, 1.54) is 0 Å². The van der Waals surface area contributed by atoms with E-state index in [0.29, 0.717) is 13.2 Å². The van der Waals surface area contributed by atoms with Crippen LogP contribution in [0.5, 0.6) is 0 Å². The largest absolute Gasteiger partial charge is 0.411 e.